The molecule has 0 saturated carbocycles. The van der Waals surface area contributed by atoms with Crippen LogP contribution in [0.1, 0.15) is 33.9 Å². The molecule has 74 heavy (non-hydrogen) atoms. The lowest BCUT2D eigenvalue weighted by atomic mass is 9.90. The molecule has 30 heteroatoms. The fourth-order valence-electron chi connectivity index (χ4n) is 7.35. The van der Waals surface area contributed by atoms with E-state index in [1.165, 1.54) is 0 Å². The van der Waals surface area contributed by atoms with Crippen LogP contribution in [-0.4, -0.2) is 73.7 Å². The number of alkyl halides is 22. The zero-order valence-electron chi connectivity index (χ0n) is 35.0. The Morgan fingerprint density at radius 1 is 0.392 bits per heavy atom. The number of aromatic nitrogens is 4. The number of hydrogen-bond donors (Lipinski definition) is 2. The minimum atomic E-state index is -8.39. The first-order valence-corrected chi connectivity index (χ1v) is 19.6. The van der Waals surface area contributed by atoms with Crippen molar-refractivity contribution in [3.63, 3.8) is 0 Å². The van der Waals surface area contributed by atoms with Gasteiger partial charge >= 0.3 is 59.7 Å². The number of allylic oxidation sites excluding steroid dienone is 1. The fourth-order valence-corrected chi connectivity index (χ4v) is 7.35. The first-order chi connectivity index (χ1) is 33.7. The van der Waals surface area contributed by atoms with Gasteiger partial charge in [0.25, 0.3) is 0 Å². The molecule has 396 valence electrons. The molecule has 2 aliphatic rings. The van der Waals surface area contributed by atoms with Crippen LogP contribution in [0.4, 0.5) is 114 Å². The van der Waals surface area contributed by atoms with Gasteiger partial charge in [0.15, 0.2) is 5.83 Å². The Hall–Kier alpha value is -7.04. The molecule has 0 fully saturated rings. The maximum absolute atomic E-state index is 16.6. The van der Waals surface area contributed by atoms with E-state index in [1.807, 2.05) is 4.98 Å². The van der Waals surface area contributed by atoms with Crippen molar-refractivity contribution in [1.29, 1.82) is 0 Å². The summed E-state index contributed by atoms with van der Waals surface area (Å²) in [5.41, 5.74) is -17.2. The average molecular weight is 1100 g/mol. The number of H-pyrrole nitrogens is 2. The predicted octanol–water partition coefficient (Wildman–Crippen LogP) is 16.5. The lowest BCUT2D eigenvalue weighted by Crippen LogP contribution is -2.69. The van der Waals surface area contributed by atoms with Gasteiger partial charge in [-0.1, -0.05) is 24.3 Å². The van der Waals surface area contributed by atoms with Crippen LogP contribution >= 0.6 is 0 Å². The summed E-state index contributed by atoms with van der Waals surface area (Å²) in [6, 6.07) is 7.60. The van der Waals surface area contributed by atoms with Crippen LogP contribution in [0.2, 0.25) is 0 Å². The summed E-state index contributed by atoms with van der Waals surface area (Å²) < 4.78 is 379. The molecule has 0 unspecified atom stereocenters. The summed E-state index contributed by atoms with van der Waals surface area (Å²) in [6.07, 6.45) is -13.7. The lowest BCUT2D eigenvalue weighted by molar-refractivity contribution is -0.441. The van der Waals surface area contributed by atoms with Crippen molar-refractivity contribution in [3.05, 3.63) is 124 Å². The van der Waals surface area contributed by atoms with E-state index >= 15 is 43.9 Å². The number of aromatic amines is 2. The third kappa shape index (κ3) is 8.12. The Bertz CT molecular complexity index is 3290. The molecule has 4 nitrogen and oxygen atoms in total. The van der Waals surface area contributed by atoms with E-state index in [0.717, 1.165) is 24.3 Å². The van der Waals surface area contributed by atoms with Gasteiger partial charge in [-0.15, -0.1) is 0 Å². The number of benzene rings is 2. The van der Waals surface area contributed by atoms with Crippen molar-refractivity contribution in [2.45, 2.75) is 59.7 Å². The molecule has 2 aromatic carbocycles. The second kappa shape index (κ2) is 17.3. The SMILES string of the molecule is F/C(=C(/F)C(F)(F)C(F)(F)C(F)(F)C(F)(F)F)c1c2nc(c(-c3cccc(F)c3)c3ccc([nH]3)c(C(F)(F)C(F)(F)C(F)(F)C(F)(F)C(F)(F)C(F)(F)F)c3nc(c(-c4cccc(F)c4)c4ccc1[nH]4)C=C3)C=C2. The molecule has 0 saturated heterocycles. The molecule has 0 spiro atoms. The van der Waals surface area contributed by atoms with Crippen molar-refractivity contribution in [2.24, 2.45) is 0 Å². The van der Waals surface area contributed by atoms with Gasteiger partial charge in [0, 0.05) is 22.2 Å². The summed E-state index contributed by atoms with van der Waals surface area (Å²) in [7, 11) is 0. The Morgan fingerprint density at radius 2 is 0.770 bits per heavy atom. The third-order valence-electron chi connectivity index (χ3n) is 11.1. The van der Waals surface area contributed by atoms with Crippen LogP contribution in [0.15, 0.2) is 78.6 Å². The van der Waals surface area contributed by atoms with Crippen molar-refractivity contribution in [3.8, 4) is 22.3 Å². The van der Waals surface area contributed by atoms with Crippen LogP contribution in [0.5, 0.6) is 0 Å². The van der Waals surface area contributed by atoms with E-state index < -0.39 is 161 Å². The molecule has 0 atom stereocenters. The van der Waals surface area contributed by atoms with Crippen molar-refractivity contribution < 1.29 is 114 Å². The topological polar surface area (TPSA) is 57.4 Å². The third-order valence-corrected chi connectivity index (χ3v) is 11.1. The minimum Gasteiger partial charge on any atom is -0.354 e. The Balaban J connectivity index is 1.69. The summed E-state index contributed by atoms with van der Waals surface area (Å²) in [5, 5.41) is 0. The maximum Gasteiger partial charge on any atom is 0.460 e. The summed E-state index contributed by atoms with van der Waals surface area (Å²) in [5.74, 6) is -73.2. The van der Waals surface area contributed by atoms with E-state index in [2.05, 4.69) is 15.0 Å². The zero-order valence-corrected chi connectivity index (χ0v) is 35.0. The fraction of sp³-hybridized carbons (Fsp3) is 0.227. The summed E-state index contributed by atoms with van der Waals surface area (Å²) >= 11 is 0. The highest BCUT2D eigenvalue weighted by Gasteiger charge is 2.91. The Kier molecular flexibility index (Phi) is 12.8. The molecule has 0 radical (unpaired) electrons. The molecule has 7 rings (SSSR count). The van der Waals surface area contributed by atoms with Gasteiger partial charge in [-0.25, -0.2) is 27.5 Å². The number of hydrogen-bond acceptors (Lipinski definition) is 2. The molecule has 2 N–H and O–H groups in total. The largest absolute Gasteiger partial charge is 0.460 e. The smallest absolute Gasteiger partial charge is 0.354 e. The van der Waals surface area contributed by atoms with Gasteiger partial charge in [0.2, 0.25) is 5.83 Å². The van der Waals surface area contributed by atoms with Crippen molar-refractivity contribution in [1.82, 2.24) is 19.9 Å². The van der Waals surface area contributed by atoms with E-state index in [9.17, 15) is 70.2 Å². The standard InChI is InChI=1S/C44H18F26N4/c45-19-5-1-3-17(15-19)29-21-7-9-25(71-21)31(33(47)34(48)36(51,52)38(55,56)41(61,62)43(65,66)67)26-10-8-22(72-26)30(18-4-2-6-20(46)16-18)24-12-14-28(74-24)32(27-13-11-23(29)73-27)35(49,50)37(53,54)39(57,58)40(59,60)42(63,64)44(68,69)70/h1-16,71,74H/b29-21?,29-23?,30-22?,30-24?,31-25?,31-26?,32-27?,32-28?,34-33+. The van der Waals surface area contributed by atoms with Crippen molar-refractivity contribution >= 4 is 52.2 Å². The quantitative estimate of drug-likeness (QED) is 0.127. The van der Waals surface area contributed by atoms with Gasteiger partial charge in [0.1, 0.15) is 11.6 Å². The highest BCUT2D eigenvalue weighted by molar-refractivity contribution is 5.96. The normalized spacial score (nSPS) is 15.0. The molecule has 3 aromatic heterocycles. The number of rotatable bonds is 11. The van der Waals surface area contributed by atoms with Crippen LogP contribution in [0.3, 0.4) is 0 Å². The lowest BCUT2D eigenvalue weighted by Gasteiger charge is -2.39. The summed E-state index contributed by atoms with van der Waals surface area (Å²) in [4.78, 5) is 11.4. The average Bonchev–Trinajstić information content (AvgIpc) is 4.13. The van der Waals surface area contributed by atoms with Gasteiger partial charge in [0.05, 0.1) is 44.9 Å². The Labute approximate surface area is 392 Å². The molecule has 5 heterocycles. The number of fused-ring (bicyclic) bond motifs is 8. The van der Waals surface area contributed by atoms with Crippen LogP contribution < -0.4 is 0 Å². The molecule has 8 bridgehead atoms. The van der Waals surface area contributed by atoms with E-state index in [0.29, 0.717) is 60.7 Å². The van der Waals surface area contributed by atoms with Crippen LogP contribution in [0.25, 0.3) is 74.5 Å². The molecule has 5 aromatic rings. The molecule has 2 aliphatic heterocycles. The monoisotopic (exact) mass is 1100 g/mol. The van der Waals surface area contributed by atoms with Gasteiger partial charge in [-0.2, -0.15) is 96.6 Å². The number of halogens is 26. The molecule has 0 amide bonds. The molecule has 0 aliphatic carbocycles. The second-order valence-electron chi connectivity index (χ2n) is 15.7. The Morgan fingerprint density at radius 3 is 1.23 bits per heavy atom. The molecular formula is C44H18F26N4. The van der Waals surface area contributed by atoms with Crippen molar-refractivity contribution in [2.75, 3.05) is 0 Å². The maximum atomic E-state index is 16.6. The first kappa shape index (κ1) is 54.7. The zero-order chi connectivity index (χ0) is 55.5. The van der Waals surface area contributed by atoms with Crippen LogP contribution in [-0.2, 0) is 5.92 Å². The van der Waals surface area contributed by atoms with Gasteiger partial charge in [-0.3, -0.25) is 0 Å². The van der Waals surface area contributed by atoms with E-state index in [1.54, 1.807) is 0 Å². The minimum absolute atomic E-state index is 0.160. The highest BCUT2D eigenvalue weighted by Crippen LogP contribution is 2.63. The molecular weight excluding hydrogens is 1080 g/mol. The second-order valence-corrected chi connectivity index (χ2v) is 15.7. The van der Waals surface area contributed by atoms with Crippen LogP contribution in [0, 0.1) is 11.6 Å². The van der Waals surface area contributed by atoms with E-state index in [4.69, 9.17) is 0 Å². The summed E-state index contributed by atoms with van der Waals surface area (Å²) in [6.45, 7) is 0. The first-order valence-electron chi connectivity index (χ1n) is 19.6. The number of nitrogens with zero attached hydrogens (tertiary/aromatic N) is 2. The van der Waals surface area contributed by atoms with Gasteiger partial charge < -0.3 is 9.97 Å². The highest BCUT2D eigenvalue weighted by atomic mass is 19.4. The van der Waals surface area contributed by atoms with E-state index in [-0.39, 0.29) is 12.1 Å². The predicted molar refractivity (Wildman–Crippen MR) is 209 cm³/mol. The number of nitrogens with one attached hydrogen (secondary N) is 2. The van der Waals surface area contributed by atoms with Gasteiger partial charge in [-0.05, 0) is 84.0 Å².